The van der Waals surface area contributed by atoms with E-state index in [9.17, 15) is 14.4 Å². The van der Waals surface area contributed by atoms with Crippen LogP contribution in [-0.4, -0.2) is 71.3 Å². The molecule has 0 bridgehead atoms. The summed E-state index contributed by atoms with van der Waals surface area (Å²) in [7, 11) is 0. The van der Waals surface area contributed by atoms with Crippen LogP contribution in [0.2, 0.25) is 10.0 Å². The number of hydrogen-bond donors (Lipinski definition) is 3. The third-order valence-corrected chi connectivity index (χ3v) is 8.38. The fourth-order valence-electron chi connectivity index (χ4n) is 5.66. The van der Waals surface area contributed by atoms with E-state index in [1.54, 1.807) is 23.1 Å². The molecule has 0 saturated carbocycles. The summed E-state index contributed by atoms with van der Waals surface area (Å²) in [6, 6.07) is 14.6. The predicted octanol–water partition coefficient (Wildman–Crippen LogP) is 3.14. The second-order valence-electron chi connectivity index (χ2n) is 10.5. The van der Waals surface area contributed by atoms with E-state index in [2.05, 4.69) is 27.7 Å². The minimum Gasteiger partial charge on any atom is -0.356 e. The molecule has 39 heavy (non-hydrogen) atoms. The quantitative estimate of drug-likeness (QED) is 0.404. The number of nitrogens with zero attached hydrogens (tertiary/aromatic N) is 2. The van der Waals surface area contributed by atoms with Crippen molar-refractivity contribution in [1.29, 1.82) is 0 Å². The van der Waals surface area contributed by atoms with Crippen molar-refractivity contribution in [2.24, 2.45) is 5.73 Å². The van der Waals surface area contributed by atoms with Crippen LogP contribution in [0.25, 0.3) is 0 Å². The molecule has 0 spiro atoms. The Labute approximate surface area is 240 Å². The van der Waals surface area contributed by atoms with Gasteiger partial charge in [0.25, 0.3) is 0 Å². The van der Waals surface area contributed by atoms with E-state index in [0.29, 0.717) is 36.0 Å². The third kappa shape index (κ3) is 7.72. The molecule has 210 valence electrons. The summed E-state index contributed by atoms with van der Waals surface area (Å²) in [6.45, 7) is 3.10. The number of hydrogen-bond acceptors (Lipinski definition) is 5. The van der Waals surface area contributed by atoms with Gasteiger partial charge in [0.15, 0.2) is 0 Å². The third-order valence-electron chi connectivity index (χ3n) is 7.64. The smallest absolute Gasteiger partial charge is 0.243 e. The fraction of sp³-hybridized carbons (Fsp3) is 0.483. The van der Waals surface area contributed by atoms with Crippen LogP contribution < -0.4 is 16.4 Å². The van der Waals surface area contributed by atoms with Gasteiger partial charge >= 0.3 is 0 Å². The molecule has 4 N–H and O–H groups in total. The molecule has 0 aromatic heterocycles. The van der Waals surface area contributed by atoms with Crippen molar-refractivity contribution in [3.63, 3.8) is 0 Å². The van der Waals surface area contributed by atoms with Gasteiger partial charge in [-0.3, -0.25) is 19.3 Å². The molecule has 4 rings (SSSR count). The molecular formula is C29H37Cl2N5O3. The Balaban J connectivity index is 1.50. The lowest BCUT2D eigenvalue weighted by atomic mass is 10.0. The minimum absolute atomic E-state index is 0.0670. The predicted molar refractivity (Wildman–Crippen MR) is 153 cm³/mol. The molecular weight excluding hydrogens is 537 g/mol. The Morgan fingerprint density at radius 3 is 2.56 bits per heavy atom. The van der Waals surface area contributed by atoms with Gasteiger partial charge in [-0.1, -0.05) is 59.6 Å². The lowest BCUT2D eigenvalue weighted by Gasteiger charge is -2.32. The molecule has 0 radical (unpaired) electrons. The number of nitrogens with one attached hydrogen (secondary N) is 2. The summed E-state index contributed by atoms with van der Waals surface area (Å²) in [4.78, 5) is 43.0. The van der Waals surface area contributed by atoms with Crippen molar-refractivity contribution in [2.75, 3.05) is 19.6 Å². The number of nitrogens with two attached hydrogens (primary N) is 1. The molecule has 2 aromatic rings. The number of aryl methyl sites for hydroxylation is 1. The average Bonchev–Trinajstić information content (AvgIpc) is 3.26. The molecule has 2 aliphatic heterocycles. The van der Waals surface area contributed by atoms with E-state index in [0.717, 1.165) is 24.8 Å². The highest BCUT2D eigenvalue weighted by Crippen LogP contribution is 2.30. The highest BCUT2D eigenvalue weighted by molar-refractivity contribution is 6.42. The van der Waals surface area contributed by atoms with Gasteiger partial charge < -0.3 is 21.3 Å². The average molecular weight is 575 g/mol. The van der Waals surface area contributed by atoms with Gasteiger partial charge in [-0.15, -0.1) is 0 Å². The lowest BCUT2D eigenvalue weighted by Crippen LogP contribution is -2.54. The van der Waals surface area contributed by atoms with E-state index in [4.69, 9.17) is 28.9 Å². The topological polar surface area (TPSA) is 108 Å². The molecule has 10 heteroatoms. The first-order valence-electron chi connectivity index (χ1n) is 13.5. The first kappa shape index (κ1) is 29.3. The summed E-state index contributed by atoms with van der Waals surface area (Å²) in [5.74, 6) is -0.514. The number of fused-ring (bicyclic) bond motifs is 1. The zero-order chi connectivity index (χ0) is 27.9. The standard InChI is InChI=1S/C29H37Cl2N5O3/c1-19(37)33-13-11-26(28(38)34-17-21-8-10-24(30)25(31)15-21)35-14-12-23(9-7-20-5-3-2-4-6-20)36-18-22(32)16-27(36)29(35)39/h2-6,8,10,15,22-23,26-27H,7,9,11-14,16-18,32H2,1H3,(H,33,37)(H,34,38)/t22-,23?,26-,27+/m1/s1. The fourth-order valence-corrected chi connectivity index (χ4v) is 5.98. The van der Waals surface area contributed by atoms with E-state index in [-0.39, 0.29) is 48.9 Å². The van der Waals surface area contributed by atoms with Crippen LogP contribution in [0.1, 0.15) is 43.7 Å². The highest BCUT2D eigenvalue weighted by Gasteiger charge is 2.45. The second-order valence-corrected chi connectivity index (χ2v) is 11.3. The Morgan fingerprint density at radius 2 is 1.85 bits per heavy atom. The van der Waals surface area contributed by atoms with E-state index in [1.165, 1.54) is 12.5 Å². The maximum absolute atomic E-state index is 13.9. The van der Waals surface area contributed by atoms with Crippen LogP contribution >= 0.6 is 23.2 Å². The van der Waals surface area contributed by atoms with Gasteiger partial charge in [-0.25, -0.2) is 0 Å². The van der Waals surface area contributed by atoms with Gasteiger partial charge in [-0.05, 0) is 55.4 Å². The van der Waals surface area contributed by atoms with Gasteiger partial charge in [-0.2, -0.15) is 0 Å². The largest absolute Gasteiger partial charge is 0.356 e. The Kier molecular flexibility index (Phi) is 10.2. The summed E-state index contributed by atoms with van der Waals surface area (Å²) in [6.07, 6.45) is 3.45. The van der Waals surface area contributed by atoms with Crippen LogP contribution in [0.4, 0.5) is 0 Å². The van der Waals surface area contributed by atoms with E-state index in [1.807, 2.05) is 18.2 Å². The summed E-state index contributed by atoms with van der Waals surface area (Å²) in [5.41, 5.74) is 8.41. The minimum atomic E-state index is -0.723. The van der Waals surface area contributed by atoms with Crippen LogP contribution in [0.5, 0.6) is 0 Å². The molecule has 1 unspecified atom stereocenters. The van der Waals surface area contributed by atoms with Crippen LogP contribution in [-0.2, 0) is 27.3 Å². The van der Waals surface area contributed by atoms with E-state index < -0.39 is 6.04 Å². The Bertz CT molecular complexity index is 1160. The van der Waals surface area contributed by atoms with Gasteiger partial charge in [0.05, 0.1) is 16.1 Å². The number of amides is 3. The van der Waals surface area contributed by atoms with Crippen molar-refractivity contribution in [3.8, 4) is 0 Å². The van der Waals surface area contributed by atoms with Crippen molar-refractivity contribution in [1.82, 2.24) is 20.4 Å². The Hall–Kier alpha value is -2.65. The monoisotopic (exact) mass is 573 g/mol. The highest BCUT2D eigenvalue weighted by atomic mass is 35.5. The first-order valence-corrected chi connectivity index (χ1v) is 14.3. The maximum atomic E-state index is 13.9. The SMILES string of the molecule is CC(=O)NCC[C@H](C(=O)NCc1ccc(Cl)c(Cl)c1)N1CCC(CCc2ccccc2)N2C[C@H](N)C[C@H]2C1=O. The van der Waals surface area contributed by atoms with Gasteiger partial charge in [0, 0.05) is 45.2 Å². The van der Waals surface area contributed by atoms with Crippen molar-refractivity contribution >= 4 is 40.9 Å². The van der Waals surface area contributed by atoms with Crippen molar-refractivity contribution in [2.45, 2.75) is 69.7 Å². The maximum Gasteiger partial charge on any atom is 0.243 e. The molecule has 2 fully saturated rings. The Morgan fingerprint density at radius 1 is 1.08 bits per heavy atom. The number of benzene rings is 2. The molecule has 2 saturated heterocycles. The second kappa shape index (κ2) is 13.6. The van der Waals surface area contributed by atoms with E-state index >= 15 is 0 Å². The molecule has 0 aliphatic carbocycles. The number of carbonyl (C=O) groups is 3. The first-order chi connectivity index (χ1) is 18.7. The molecule has 4 atom stereocenters. The molecule has 3 amide bonds. The van der Waals surface area contributed by atoms with Gasteiger partial charge in [0.2, 0.25) is 17.7 Å². The summed E-state index contributed by atoms with van der Waals surface area (Å²) < 4.78 is 0. The van der Waals surface area contributed by atoms with Crippen LogP contribution in [0.15, 0.2) is 48.5 Å². The number of halogens is 2. The lowest BCUT2D eigenvalue weighted by molar-refractivity contribution is -0.143. The number of carbonyl (C=O) groups excluding carboxylic acids is 3. The van der Waals surface area contributed by atoms with Crippen LogP contribution in [0.3, 0.4) is 0 Å². The zero-order valence-corrected chi connectivity index (χ0v) is 23.8. The molecule has 2 aliphatic rings. The molecule has 8 nitrogen and oxygen atoms in total. The molecule has 2 heterocycles. The number of rotatable bonds is 10. The summed E-state index contributed by atoms with van der Waals surface area (Å²) >= 11 is 12.2. The normalized spacial score (nSPS) is 22.2. The van der Waals surface area contributed by atoms with Crippen LogP contribution in [0, 0.1) is 0 Å². The van der Waals surface area contributed by atoms with Crippen molar-refractivity contribution < 1.29 is 14.4 Å². The van der Waals surface area contributed by atoms with Gasteiger partial charge in [0.1, 0.15) is 6.04 Å². The summed E-state index contributed by atoms with van der Waals surface area (Å²) in [5, 5.41) is 6.58. The van der Waals surface area contributed by atoms with Crippen molar-refractivity contribution in [3.05, 3.63) is 69.7 Å². The molecule has 2 aromatic carbocycles. The zero-order valence-electron chi connectivity index (χ0n) is 22.2.